The highest BCUT2D eigenvalue weighted by molar-refractivity contribution is 5.82. The van der Waals surface area contributed by atoms with Crippen LogP contribution in [-0.2, 0) is 4.79 Å². The number of halogens is 3. The molecule has 1 N–H and O–H groups in total. The molecular weight excluding hydrogens is 245 g/mol. The van der Waals surface area contributed by atoms with Crippen LogP contribution in [0.1, 0.15) is 12.8 Å². The van der Waals surface area contributed by atoms with Gasteiger partial charge in [0.2, 0.25) is 0 Å². The maximum absolute atomic E-state index is 12.5. The molecule has 1 unspecified atom stereocenters. The van der Waals surface area contributed by atoms with Crippen LogP contribution >= 0.6 is 0 Å². The Kier molecular flexibility index (Phi) is 3.75. The van der Waals surface area contributed by atoms with Gasteiger partial charge in [0.15, 0.2) is 0 Å². The van der Waals surface area contributed by atoms with Crippen LogP contribution in [0.15, 0.2) is 17.7 Å². The summed E-state index contributed by atoms with van der Waals surface area (Å²) in [6, 6.07) is -0.494. The first-order valence-corrected chi connectivity index (χ1v) is 5.82. The first kappa shape index (κ1) is 13.1. The van der Waals surface area contributed by atoms with Gasteiger partial charge in [0, 0.05) is 13.1 Å². The van der Waals surface area contributed by atoms with E-state index in [9.17, 15) is 18.0 Å². The minimum atomic E-state index is -4.81. The fourth-order valence-electron chi connectivity index (χ4n) is 2.26. The summed E-state index contributed by atoms with van der Waals surface area (Å²) in [6.07, 6.45) is 2.49. The van der Waals surface area contributed by atoms with E-state index >= 15 is 0 Å². The van der Waals surface area contributed by atoms with Crippen molar-refractivity contribution in [2.75, 3.05) is 19.6 Å². The molecule has 1 amide bonds. The number of nitrogens with zero attached hydrogens (tertiary/aromatic N) is 1. The lowest BCUT2D eigenvalue weighted by Gasteiger charge is -2.36. The lowest BCUT2D eigenvalue weighted by atomic mass is 9.94. The van der Waals surface area contributed by atoms with E-state index in [0.29, 0.717) is 19.4 Å². The van der Waals surface area contributed by atoms with E-state index < -0.39 is 18.1 Å². The molecule has 6 heteroatoms. The third-order valence-electron chi connectivity index (χ3n) is 3.15. The van der Waals surface area contributed by atoms with Crippen molar-refractivity contribution >= 4 is 5.91 Å². The first-order valence-electron chi connectivity index (χ1n) is 5.82. The van der Waals surface area contributed by atoms with E-state index in [1.165, 1.54) is 6.08 Å². The number of hydrogen-bond acceptors (Lipinski definition) is 2. The molecule has 0 aromatic carbocycles. The van der Waals surface area contributed by atoms with Gasteiger partial charge in [0.1, 0.15) is 0 Å². The number of alkyl halides is 3. The second-order valence-corrected chi connectivity index (χ2v) is 4.32. The van der Waals surface area contributed by atoms with Gasteiger partial charge in [0.25, 0.3) is 0 Å². The zero-order valence-corrected chi connectivity index (χ0v) is 9.76. The van der Waals surface area contributed by atoms with Crippen molar-refractivity contribution in [3.63, 3.8) is 0 Å². The van der Waals surface area contributed by atoms with E-state index in [4.69, 9.17) is 0 Å². The quantitative estimate of drug-likeness (QED) is 0.722. The summed E-state index contributed by atoms with van der Waals surface area (Å²) in [7, 11) is 0. The number of hydrogen-bond donors (Lipinski definition) is 1. The summed E-state index contributed by atoms with van der Waals surface area (Å²) in [6.45, 7) is 1.36. The average Bonchev–Trinajstić information content (AvgIpc) is 2.38. The molecule has 2 aliphatic rings. The average molecular weight is 259 g/mol. The van der Waals surface area contributed by atoms with Crippen molar-refractivity contribution in [2.45, 2.75) is 25.1 Å². The van der Waals surface area contributed by atoms with Crippen LogP contribution in [0.4, 0.5) is 13.2 Å². The Labute approximate surface area is 103 Å². The van der Waals surface area contributed by atoms with Crippen molar-refractivity contribution in [3.8, 4) is 0 Å². The maximum atomic E-state index is 12.5. The Morgan fingerprint density at radius 2 is 2.28 bits per heavy atom. The van der Waals surface area contributed by atoms with E-state index in [2.05, 4.69) is 11.4 Å². The van der Waals surface area contributed by atoms with Crippen molar-refractivity contribution in [1.82, 2.24) is 10.2 Å². The third-order valence-corrected chi connectivity index (χ3v) is 3.15. The van der Waals surface area contributed by atoms with Crippen molar-refractivity contribution in [2.24, 2.45) is 0 Å². The first-order chi connectivity index (χ1) is 8.50. The van der Waals surface area contributed by atoms with Crippen LogP contribution in [0.5, 0.6) is 0 Å². The number of carbonyl (C=O) groups excluding carboxylic acids is 1. The van der Waals surface area contributed by atoms with Crippen LogP contribution in [0, 0.1) is 6.08 Å². The Bertz CT molecular complexity index is 387. The van der Waals surface area contributed by atoms with Crippen molar-refractivity contribution < 1.29 is 18.0 Å². The van der Waals surface area contributed by atoms with Gasteiger partial charge in [-0.2, -0.15) is 13.2 Å². The molecular formula is C12H14F3N2O. The van der Waals surface area contributed by atoms with Gasteiger partial charge in [-0.15, -0.1) is 0 Å². The molecule has 0 aromatic rings. The topological polar surface area (TPSA) is 32.3 Å². The summed E-state index contributed by atoms with van der Waals surface area (Å²) in [5.41, 5.74) is 0.895. The largest absolute Gasteiger partial charge is 0.471 e. The highest BCUT2D eigenvalue weighted by Gasteiger charge is 2.45. The lowest BCUT2D eigenvalue weighted by molar-refractivity contribution is -0.186. The highest BCUT2D eigenvalue weighted by Crippen LogP contribution is 2.27. The molecule has 0 bridgehead atoms. The number of carbonyl (C=O) groups is 1. The molecule has 0 saturated heterocycles. The molecule has 0 spiro atoms. The predicted octanol–water partition coefficient (Wildman–Crippen LogP) is 1.43. The number of amides is 1. The fraction of sp³-hybridized carbons (Fsp3) is 0.583. The van der Waals surface area contributed by atoms with Gasteiger partial charge >= 0.3 is 12.1 Å². The van der Waals surface area contributed by atoms with Crippen LogP contribution in [0.3, 0.4) is 0 Å². The van der Waals surface area contributed by atoms with Crippen molar-refractivity contribution in [1.29, 1.82) is 0 Å². The molecule has 0 saturated carbocycles. The molecule has 2 aliphatic heterocycles. The minimum absolute atomic E-state index is 0.0201. The third kappa shape index (κ3) is 2.75. The van der Waals surface area contributed by atoms with E-state index in [0.717, 1.165) is 17.0 Å². The molecule has 99 valence electrons. The van der Waals surface area contributed by atoms with Gasteiger partial charge in [0.05, 0.1) is 6.04 Å². The SMILES string of the molecule is O=C(N1CC=[C]CC1C1=CCNCC1)C(F)(F)F. The van der Waals surface area contributed by atoms with Gasteiger partial charge in [-0.1, -0.05) is 12.2 Å². The molecule has 2 rings (SSSR count). The molecule has 3 nitrogen and oxygen atoms in total. The van der Waals surface area contributed by atoms with Gasteiger partial charge in [-0.05, 0) is 31.0 Å². The monoisotopic (exact) mass is 259 g/mol. The lowest BCUT2D eigenvalue weighted by Crippen LogP contribution is -2.49. The zero-order chi connectivity index (χ0) is 13.2. The molecule has 1 atom stereocenters. The highest BCUT2D eigenvalue weighted by atomic mass is 19.4. The maximum Gasteiger partial charge on any atom is 0.471 e. The van der Waals surface area contributed by atoms with Gasteiger partial charge < -0.3 is 10.2 Å². The Hall–Kier alpha value is -1.30. The van der Waals surface area contributed by atoms with Crippen LogP contribution in [0.2, 0.25) is 0 Å². The summed E-state index contributed by atoms with van der Waals surface area (Å²) in [5, 5.41) is 3.10. The molecule has 1 radical (unpaired) electrons. The number of rotatable bonds is 1. The minimum Gasteiger partial charge on any atom is -0.324 e. The Morgan fingerprint density at radius 1 is 1.50 bits per heavy atom. The van der Waals surface area contributed by atoms with E-state index in [1.807, 2.05) is 6.08 Å². The van der Waals surface area contributed by atoms with E-state index in [1.54, 1.807) is 0 Å². The molecule has 18 heavy (non-hydrogen) atoms. The smallest absolute Gasteiger partial charge is 0.324 e. The summed E-state index contributed by atoms with van der Waals surface area (Å²) in [4.78, 5) is 12.3. The Balaban J connectivity index is 2.19. The second kappa shape index (κ2) is 5.14. The predicted molar refractivity (Wildman–Crippen MR) is 59.6 cm³/mol. The van der Waals surface area contributed by atoms with Crippen LogP contribution in [0.25, 0.3) is 0 Å². The molecule has 0 aliphatic carbocycles. The fourth-order valence-corrected chi connectivity index (χ4v) is 2.26. The molecule has 0 aromatic heterocycles. The van der Waals surface area contributed by atoms with E-state index in [-0.39, 0.29) is 6.54 Å². The summed E-state index contributed by atoms with van der Waals surface area (Å²) < 4.78 is 37.6. The van der Waals surface area contributed by atoms with Gasteiger partial charge in [-0.25, -0.2) is 0 Å². The molecule has 0 fully saturated rings. The standard InChI is InChI=1S/C12H14F3N2O/c13-12(14,15)11(18)17-8-2-1-3-10(17)9-4-6-16-7-5-9/h2,4,10,16H,3,5-8H2. The summed E-state index contributed by atoms with van der Waals surface area (Å²) in [5.74, 6) is -1.76. The number of nitrogens with one attached hydrogen (secondary N) is 1. The summed E-state index contributed by atoms with van der Waals surface area (Å²) >= 11 is 0. The van der Waals surface area contributed by atoms with Crippen LogP contribution < -0.4 is 5.32 Å². The normalized spacial score (nSPS) is 24.9. The van der Waals surface area contributed by atoms with Crippen LogP contribution in [-0.4, -0.2) is 42.7 Å². The molecule has 2 heterocycles. The zero-order valence-electron chi connectivity index (χ0n) is 9.76. The van der Waals surface area contributed by atoms with Crippen molar-refractivity contribution in [3.05, 3.63) is 23.8 Å². The second-order valence-electron chi connectivity index (χ2n) is 4.32. The Morgan fingerprint density at radius 3 is 2.89 bits per heavy atom. The van der Waals surface area contributed by atoms with Gasteiger partial charge in [-0.3, -0.25) is 4.79 Å².